The molecule has 0 aromatic heterocycles. The molecule has 0 aliphatic carbocycles. The van der Waals surface area contributed by atoms with Crippen LogP contribution in [0.5, 0.6) is 0 Å². The van der Waals surface area contributed by atoms with Gasteiger partial charge in [-0.25, -0.2) is 14.7 Å². The number of nitrogens with one attached hydrogen (secondary N) is 1. The molecular formula is C19H34N4O5. The third-order valence-electron chi connectivity index (χ3n) is 4.54. The van der Waals surface area contributed by atoms with Gasteiger partial charge in [0.15, 0.2) is 0 Å². The van der Waals surface area contributed by atoms with Crippen molar-refractivity contribution in [2.24, 2.45) is 5.16 Å². The number of amides is 3. The van der Waals surface area contributed by atoms with Crippen LogP contribution in [0.3, 0.4) is 0 Å². The van der Waals surface area contributed by atoms with Crippen LogP contribution in [0.15, 0.2) is 5.16 Å². The standard InChI is InChI=1S/C19H34N4O5/c1-6-8-11-26-23-10-9-16(22(7-2)18(23)25)15-12-14(28-21-15)13-20-17(24)27-19(3,4)5/h14,16H,6-13H2,1-5H3,(H,20,24)/t14-,16+/m1/s1. The van der Waals surface area contributed by atoms with Gasteiger partial charge in [-0.1, -0.05) is 18.5 Å². The molecule has 0 aromatic carbocycles. The number of urea groups is 1. The zero-order valence-corrected chi connectivity index (χ0v) is 17.7. The third kappa shape index (κ3) is 6.25. The number of hydrogen-bond acceptors (Lipinski definition) is 6. The first kappa shape index (κ1) is 22.3. The topological polar surface area (TPSA) is 92.7 Å². The number of unbranched alkanes of at least 4 members (excludes halogenated alkanes) is 1. The van der Waals surface area contributed by atoms with Gasteiger partial charge in [-0.3, -0.25) is 4.84 Å². The minimum Gasteiger partial charge on any atom is -0.444 e. The van der Waals surface area contributed by atoms with Crippen molar-refractivity contribution in [1.82, 2.24) is 15.3 Å². The maximum Gasteiger partial charge on any atom is 0.407 e. The van der Waals surface area contributed by atoms with E-state index in [1.165, 1.54) is 5.06 Å². The van der Waals surface area contributed by atoms with E-state index in [4.69, 9.17) is 14.4 Å². The van der Waals surface area contributed by atoms with E-state index in [0.717, 1.165) is 25.0 Å². The number of carbonyl (C=O) groups excluding carboxylic acids is 2. The number of ether oxygens (including phenoxy) is 1. The number of oxime groups is 1. The highest BCUT2D eigenvalue weighted by Gasteiger charge is 2.39. The lowest BCUT2D eigenvalue weighted by Crippen LogP contribution is -2.56. The van der Waals surface area contributed by atoms with Crippen LogP contribution < -0.4 is 5.32 Å². The highest BCUT2D eigenvalue weighted by molar-refractivity contribution is 5.94. The molecule has 2 heterocycles. The van der Waals surface area contributed by atoms with Crippen LogP contribution in [0.2, 0.25) is 0 Å². The molecule has 1 saturated heterocycles. The molecule has 1 fully saturated rings. The van der Waals surface area contributed by atoms with E-state index in [0.29, 0.717) is 32.7 Å². The normalized spacial score (nSPS) is 22.8. The van der Waals surface area contributed by atoms with Crippen molar-refractivity contribution < 1.29 is 24.0 Å². The van der Waals surface area contributed by atoms with Gasteiger partial charge in [0.2, 0.25) is 0 Å². The van der Waals surface area contributed by atoms with Crippen molar-refractivity contribution in [1.29, 1.82) is 0 Å². The Morgan fingerprint density at radius 3 is 2.75 bits per heavy atom. The average molecular weight is 399 g/mol. The average Bonchev–Trinajstić information content (AvgIpc) is 3.08. The van der Waals surface area contributed by atoms with Gasteiger partial charge in [0.1, 0.15) is 11.7 Å². The van der Waals surface area contributed by atoms with Gasteiger partial charge in [-0.15, -0.1) is 0 Å². The fourth-order valence-electron chi connectivity index (χ4n) is 3.18. The van der Waals surface area contributed by atoms with Crippen LogP contribution in [0.25, 0.3) is 0 Å². The largest absolute Gasteiger partial charge is 0.444 e. The Kier molecular flexibility index (Phi) is 7.91. The summed E-state index contributed by atoms with van der Waals surface area (Å²) in [5, 5.41) is 8.36. The molecule has 2 aliphatic rings. The van der Waals surface area contributed by atoms with Gasteiger partial charge < -0.3 is 19.8 Å². The number of nitrogens with zero attached hydrogens (tertiary/aromatic N) is 3. The minimum absolute atomic E-state index is 0.102. The second-order valence-corrected chi connectivity index (χ2v) is 8.06. The number of hydroxylamine groups is 2. The maximum atomic E-state index is 12.7. The first-order valence-electron chi connectivity index (χ1n) is 10.2. The van der Waals surface area contributed by atoms with Crippen molar-refractivity contribution in [2.45, 2.75) is 78.0 Å². The van der Waals surface area contributed by atoms with E-state index in [9.17, 15) is 9.59 Å². The van der Waals surface area contributed by atoms with Crippen LogP contribution in [0.4, 0.5) is 9.59 Å². The SMILES string of the molecule is CCCCON1CC[C@@H](C2=NO[C@@H](CNC(=O)OC(C)(C)C)C2)N(CC)C1=O. The van der Waals surface area contributed by atoms with Crippen molar-refractivity contribution >= 4 is 17.8 Å². The molecule has 160 valence electrons. The highest BCUT2D eigenvalue weighted by Crippen LogP contribution is 2.23. The third-order valence-corrected chi connectivity index (χ3v) is 4.54. The van der Waals surface area contributed by atoms with Crippen LogP contribution in [0, 0.1) is 0 Å². The molecule has 2 rings (SSSR count). The predicted octanol–water partition coefficient (Wildman–Crippen LogP) is 2.90. The smallest absolute Gasteiger partial charge is 0.407 e. The quantitative estimate of drug-likeness (QED) is 0.635. The van der Waals surface area contributed by atoms with E-state index in [2.05, 4.69) is 17.4 Å². The van der Waals surface area contributed by atoms with Gasteiger partial charge in [0, 0.05) is 13.0 Å². The first-order valence-corrected chi connectivity index (χ1v) is 10.2. The molecule has 2 atom stereocenters. The summed E-state index contributed by atoms with van der Waals surface area (Å²) < 4.78 is 5.23. The summed E-state index contributed by atoms with van der Waals surface area (Å²) in [4.78, 5) is 37.3. The predicted molar refractivity (Wildman–Crippen MR) is 105 cm³/mol. The molecule has 28 heavy (non-hydrogen) atoms. The number of hydrogen-bond donors (Lipinski definition) is 1. The number of carbonyl (C=O) groups is 2. The second-order valence-electron chi connectivity index (χ2n) is 8.06. The van der Waals surface area contributed by atoms with Crippen molar-refractivity contribution in [3.8, 4) is 0 Å². The lowest BCUT2D eigenvalue weighted by molar-refractivity contribution is -0.139. The molecule has 9 heteroatoms. The Bertz CT molecular complexity index is 575. The molecule has 0 saturated carbocycles. The fraction of sp³-hybridized carbons (Fsp3) is 0.842. The number of alkyl carbamates (subject to hydrolysis) is 1. The first-order chi connectivity index (χ1) is 13.2. The van der Waals surface area contributed by atoms with Gasteiger partial charge in [0.05, 0.1) is 31.4 Å². The van der Waals surface area contributed by atoms with Crippen molar-refractivity contribution in [2.75, 3.05) is 26.2 Å². The van der Waals surface area contributed by atoms with E-state index in [-0.39, 0.29) is 18.2 Å². The highest BCUT2D eigenvalue weighted by atomic mass is 16.7. The van der Waals surface area contributed by atoms with E-state index < -0.39 is 11.7 Å². The summed E-state index contributed by atoms with van der Waals surface area (Å²) in [6, 6.07) is -0.233. The molecule has 2 aliphatic heterocycles. The summed E-state index contributed by atoms with van der Waals surface area (Å²) in [7, 11) is 0. The minimum atomic E-state index is -0.544. The summed E-state index contributed by atoms with van der Waals surface area (Å²) in [6.45, 7) is 11.4. The van der Waals surface area contributed by atoms with E-state index in [1.807, 2.05) is 27.7 Å². The van der Waals surface area contributed by atoms with E-state index in [1.54, 1.807) is 4.90 Å². The zero-order valence-electron chi connectivity index (χ0n) is 17.7. The Morgan fingerprint density at radius 2 is 2.11 bits per heavy atom. The molecule has 0 unspecified atom stereocenters. The summed E-state index contributed by atoms with van der Waals surface area (Å²) in [5.74, 6) is 0. The fourth-order valence-corrected chi connectivity index (χ4v) is 3.18. The summed E-state index contributed by atoms with van der Waals surface area (Å²) >= 11 is 0. The van der Waals surface area contributed by atoms with Gasteiger partial charge in [-0.2, -0.15) is 0 Å². The van der Waals surface area contributed by atoms with Gasteiger partial charge in [0.25, 0.3) is 0 Å². The summed E-state index contributed by atoms with van der Waals surface area (Å²) in [6.07, 6.45) is 2.52. The molecule has 0 aromatic rings. The molecular weight excluding hydrogens is 364 g/mol. The number of rotatable bonds is 8. The molecule has 1 N–H and O–H groups in total. The molecule has 0 spiro atoms. The van der Waals surface area contributed by atoms with E-state index >= 15 is 0 Å². The van der Waals surface area contributed by atoms with Gasteiger partial charge in [-0.05, 0) is 40.5 Å². The Morgan fingerprint density at radius 1 is 1.36 bits per heavy atom. The van der Waals surface area contributed by atoms with Crippen LogP contribution in [0.1, 0.15) is 60.3 Å². The maximum absolute atomic E-state index is 12.7. The van der Waals surface area contributed by atoms with Crippen LogP contribution >= 0.6 is 0 Å². The van der Waals surface area contributed by atoms with Crippen LogP contribution in [-0.4, -0.2) is 71.8 Å². The Labute approximate surface area is 167 Å². The molecule has 0 bridgehead atoms. The second kappa shape index (κ2) is 9.95. The summed E-state index contributed by atoms with van der Waals surface area (Å²) in [5.41, 5.74) is 0.289. The lowest BCUT2D eigenvalue weighted by Gasteiger charge is -2.39. The van der Waals surface area contributed by atoms with Crippen molar-refractivity contribution in [3.63, 3.8) is 0 Å². The van der Waals surface area contributed by atoms with Crippen LogP contribution in [-0.2, 0) is 14.4 Å². The lowest BCUT2D eigenvalue weighted by atomic mass is 10.00. The monoisotopic (exact) mass is 398 g/mol. The van der Waals surface area contributed by atoms with Gasteiger partial charge >= 0.3 is 12.1 Å². The molecule has 9 nitrogen and oxygen atoms in total. The molecule has 3 amide bonds. The molecule has 0 radical (unpaired) electrons. The zero-order chi connectivity index (χ0) is 20.7. The Balaban J connectivity index is 1.83. The van der Waals surface area contributed by atoms with Crippen molar-refractivity contribution in [3.05, 3.63) is 0 Å². The Hall–Kier alpha value is -2.03.